The van der Waals surface area contributed by atoms with E-state index in [9.17, 15) is 30.6 Å². The van der Waals surface area contributed by atoms with Gasteiger partial charge in [-0.1, -0.05) is 57.2 Å². The first-order valence-corrected chi connectivity index (χ1v) is 11.6. The molecule has 6 aliphatic carbocycles. The van der Waals surface area contributed by atoms with Crippen LogP contribution in [0.3, 0.4) is 0 Å². The van der Waals surface area contributed by atoms with Gasteiger partial charge in [0.25, 0.3) is 0 Å². The molecule has 6 aliphatic rings. The highest BCUT2D eigenvalue weighted by Gasteiger charge is 3.07. The molecule has 0 aromatic rings. The minimum absolute atomic E-state index is 0.0249. The number of hydrogen-bond donors (Lipinski definition) is 6. The van der Waals surface area contributed by atoms with Crippen LogP contribution in [0.4, 0.5) is 0 Å². The Kier molecular flexibility index (Phi) is 3.38. The molecule has 6 N–H and O–H groups in total. The molecule has 160 valence electrons. The fraction of sp³-hybridized carbons (Fsp3) is 1.00. The molecule has 0 aromatic carbocycles. The van der Waals surface area contributed by atoms with Gasteiger partial charge in [-0.05, 0) is 37.5 Å². The highest BCUT2D eigenvalue weighted by atomic mass is 127. The van der Waals surface area contributed by atoms with Crippen LogP contribution in [0.15, 0.2) is 0 Å². The molecule has 6 fully saturated rings. The van der Waals surface area contributed by atoms with E-state index >= 15 is 0 Å². The van der Waals surface area contributed by atoms with Gasteiger partial charge in [0.2, 0.25) is 0 Å². The Morgan fingerprint density at radius 2 is 1.57 bits per heavy atom. The smallest absolute Gasteiger partial charge is 0.130 e. The lowest BCUT2D eigenvalue weighted by Gasteiger charge is -2.61. The summed E-state index contributed by atoms with van der Waals surface area (Å²) in [6.45, 7) is 9.19. The summed E-state index contributed by atoms with van der Waals surface area (Å²) < 4.78 is -1.04. The minimum Gasteiger partial charge on any atom is -0.392 e. The topological polar surface area (TPSA) is 121 Å². The van der Waals surface area contributed by atoms with Crippen LogP contribution in [0.2, 0.25) is 0 Å². The second-order valence-electron chi connectivity index (χ2n) is 11.4. The van der Waals surface area contributed by atoms with Crippen LogP contribution in [-0.2, 0) is 0 Å². The molecule has 0 saturated heterocycles. The number of aliphatic hydroxyl groups is 6. The molecule has 0 amide bonds. The predicted molar refractivity (Wildman–Crippen MR) is 110 cm³/mol. The Balaban J connectivity index is 1.97. The molecule has 0 radical (unpaired) electrons. The summed E-state index contributed by atoms with van der Waals surface area (Å²) in [4.78, 5) is 0. The van der Waals surface area contributed by atoms with E-state index in [0.717, 1.165) is 0 Å². The van der Waals surface area contributed by atoms with Crippen LogP contribution in [-0.4, -0.2) is 68.7 Å². The van der Waals surface area contributed by atoms with Gasteiger partial charge in [0, 0.05) is 10.8 Å². The maximum Gasteiger partial charge on any atom is 0.130 e. The second-order valence-corrected chi connectivity index (χ2v) is 13.2. The van der Waals surface area contributed by atoms with E-state index in [4.69, 9.17) is 0 Å². The van der Waals surface area contributed by atoms with Crippen LogP contribution < -0.4 is 0 Å². The SMILES string of the molecule is CC1CC[C@@]2(O)C3(CC4(O)C[C@]2(C)[C@]2(O)C(O)C(I)(C(C)C)C4(C)C32O)C1O. The van der Waals surface area contributed by atoms with Crippen LogP contribution in [0.25, 0.3) is 0 Å². The number of alkyl halides is 1. The molecular weight excluding hydrogens is 475 g/mol. The fourth-order valence-electron chi connectivity index (χ4n) is 9.77. The lowest BCUT2D eigenvalue weighted by Crippen LogP contribution is -2.72. The third-order valence-corrected chi connectivity index (χ3v) is 13.9. The van der Waals surface area contributed by atoms with Gasteiger partial charge in [-0.2, -0.15) is 0 Å². The standard InChI is InChI=1S/C21H33IO6/c1-10(2)19(22)13(24)20(27)14(4)8-16(25)9-17(21(20,28)15(16,19)5)12(23)11(3)6-7-18(14,17)26/h10-13,23-28H,6-9H2,1-5H3/t11?,12?,13?,14-,15?,16?,17?,18-,19?,20+,21?/m0/s1. The number of hydrogen-bond acceptors (Lipinski definition) is 6. The quantitative estimate of drug-likeness (QED) is 0.230. The number of rotatable bonds is 1. The average molecular weight is 508 g/mol. The van der Waals surface area contributed by atoms with Crippen molar-refractivity contribution < 1.29 is 30.6 Å². The zero-order valence-corrected chi connectivity index (χ0v) is 19.4. The monoisotopic (exact) mass is 508 g/mol. The molecule has 6 saturated carbocycles. The maximum atomic E-state index is 12.6. The largest absolute Gasteiger partial charge is 0.392 e. The van der Waals surface area contributed by atoms with Crippen molar-refractivity contribution in [2.24, 2.45) is 28.1 Å². The van der Waals surface area contributed by atoms with E-state index in [1.165, 1.54) is 0 Å². The van der Waals surface area contributed by atoms with Crippen molar-refractivity contribution in [2.45, 2.75) is 98.3 Å². The fourth-order valence-corrected chi connectivity index (χ4v) is 11.1. The first-order valence-electron chi connectivity index (χ1n) is 10.5. The van der Waals surface area contributed by atoms with Crippen molar-refractivity contribution in [3.05, 3.63) is 0 Å². The van der Waals surface area contributed by atoms with Gasteiger partial charge in [-0.25, -0.2) is 0 Å². The average Bonchev–Trinajstić information content (AvgIpc) is 2.84. The van der Waals surface area contributed by atoms with Gasteiger partial charge in [0.1, 0.15) is 17.3 Å². The summed E-state index contributed by atoms with van der Waals surface area (Å²) in [5.74, 6) is -0.358. The molecule has 6 bridgehead atoms. The van der Waals surface area contributed by atoms with E-state index in [-0.39, 0.29) is 24.7 Å². The molecule has 6 rings (SSSR count). The van der Waals surface area contributed by atoms with Crippen LogP contribution in [0, 0.1) is 28.1 Å². The number of aliphatic hydroxyl groups excluding tert-OH is 2. The third-order valence-electron chi connectivity index (χ3n) is 11.0. The van der Waals surface area contributed by atoms with E-state index < -0.39 is 54.3 Å². The highest BCUT2D eigenvalue weighted by molar-refractivity contribution is 14.1. The van der Waals surface area contributed by atoms with E-state index in [2.05, 4.69) is 22.6 Å². The molecule has 0 aromatic heterocycles. The Bertz CT molecular complexity index is 793. The van der Waals surface area contributed by atoms with Crippen LogP contribution >= 0.6 is 22.6 Å². The number of halogens is 1. The Hall–Kier alpha value is 0.490. The molecule has 0 heterocycles. The van der Waals surface area contributed by atoms with Crippen molar-refractivity contribution in [3.63, 3.8) is 0 Å². The van der Waals surface area contributed by atoms with Gasteiger partial charge < -0.3 is 30.6 Å². The van der Waals surface area contributed by atoms with Gasteiger partial charge in [0.05, 0.1) is 26.1 Å². The third kappa shape index (κ3) is 1.23. The molecule has 0 aliphatic heterocycles. The molecule has 7 heteroatoms. The first kappa shape index (κ1) is 20.4. The van der Waals surface area contributed by atoms with Crippen molar-refractivity contribution in [1.82, 2.24) is 0 Å². The molecule has 11 atom stereocenters. The Morgan fingerprint density at radius 1 is 1.00 bits per heavy atom. The minimum atomic E-state index is -2.04. The lowest BCUT2D eigenvalue weighted by atomic mass is 9.47. The highest BCUT2D eigenvalue weighted by Crippen LogP contribution is 2.94. The van der Waals surface area contributed by atoms with Gasteiger partial charge in [-0.15, -0.1) is 0 Å². The lowest BCUT2D eigenvalue weighted by molar-refractivity contribution is -0.285. The summed E-state index contributed by atoms with van der Waals surface area (Å²) in [7, 11) is 0. The van der Waals surface area contributed by atoms with E-state index in [0.29, 0.717) is 12.8 Å². The molecule has 8 unspecified atom stereocenters. The van der Waals surface area contributed by atoms with Crippen molar-refractivity contribution >= 4 is 22.6 Å². The Labute approximate surface area is 179 Å². The second kappa shape index (κ2) is 4.64. The normalized spacial score (nSPS) is 72.1. The van der Waals surface area contributed by atoms with Crippen molar-refractivity contribution in [3.8, 4) is 0 Å². The molecular formula is C21H33IO6. The van der Waals surface area contributed by atoms with Crippen LogP contribution in [0.5, 0.6) is 0 Å². The summed E-state index contributed by atoms with van der Waals surface area (Å²) in [5.41, 5.74) is -11.2. The van der Waals surface area contributed by atoms with Gasteiger partial charge in [-0.3, -0.25) is 0 Å². The summed E-state index contributed by atoms with van der Waals surface area (Å²) in [6, 6.07) is 0. The zero-order chi connectivity index (χ0) is 21.1. The summed E-state index contributed by atoms with van der Waals surface area (Å²) >= 11 is 2.14. The Morgan fingerprint density at radius 3 is 2.11 bits per heavy atom. The van der Waals surface area contributed by atoms with E-state index in [1.807, 2.05) is 20.8 Å². The maximum absolute atomic E-state index is 12.6. The summed E-state index contributed by atoms with van der Waals surface area (Å²) in [6.07, 6.45) is -1.45. The first-order chi connectivity index (χ1) is 12.6. The van der Waals surface area contributed by atoms with Crippen LogP contribution in [0.1, 0.15) is 60.3 Å². The zero-order valence-electron chi connectivity index (χ0n) is 17.2. The van der Waals surface area contributed by atoms with Crippen molar-refractivity contribution in [2.75, 3.05) is 0 Å². The van der Waals surface area contributed by atoms with E-state index in [1.54, 1.807) is 13.8 Å². The van der Waals surface area contributed by atoms with Gasteiger partial charge >= 0.3 is 0 Å². The molecule has 1 spiro atoms. The van der Waals surface area contributed by atoms with Crippen molar-refractivity contribution in [1.29, 1.82) is 0 Å². The summed E-state index contributed by atoms with van der Waals surface area (Å²) in [5, 5.41) is 72.2. The van der Waals surface area contributed by atoms with Gasteiger partial charge in [0.15, 0.2) is 0 Å². The molecule has 28 heavy (non-hydrogen) atoms. The molecule has 6 nitrogen and oxygen atoms in total. The predicted octanol–water partition coefficient (Wildman–Crippen LogP) is 0.726.